The van der Waals surface area contributed by atoms with Crippen LogP contribution in [0.15, 0.2) is 0 Å². The van der Waals surface area contributed by atoms with Crippen LogP contribution in [0.1, 0.15) is 19.8 Å². The highest BCUT2D eigenvalue weighted by Crippen LogP contribution is 2.11. The molecule has 1 saturated heterocycles. The third kappa shape index (κ3) is 3.91. The van der Waals surface area contributed by atoms with Crippen LogP contribution < -0.4 is 5.32 Å². The fraction of sp³-hybridized carbons (Fsp3) is 0.900. The average Bonchev–Trinajstić information content (AvgIpc) is 2.50. The summed E-state index contributed by atoms with van der Waals surface area (Å²) in [5, 5.41) is 3.17. The number of nitrogens with one attached hydrogen (secondary N) is 1. The molecule has 0 saturated carbocycles. The van der Waals surface area contributed by atoms with E-state index >= 15 is 0 Å². The largest absolute Gasteiger partial charge is 0.341 e. The number of carbonyl (C=O) groups excluding carboxylic acids is 1. The third-order valence-corrected chi connectivity index (χ3v) is 3.47. The Bertz CT molecular complexity index is 246. The molecule has 15 heavy (non-hydrogen) atoms. The highest BCUT2D eigenvalue weighted by Gasteiger charge is 2.29. The van der Waals surface area contributed by atoms with Crippen molar-refractivity contribution < 1.29 is 9.00 Å². The summed E-state index contributed by atoms with van der Waals surface area (Å²) in [4.78, 5) is 13.6. The summed E-state index contributed by atoms with van der Waals surface area (Å²) in [5.41, 5.74) is 0. The normalized spacial score (nSPS) is 23.5. The molecule has 1 amide bonds. The van der Waals surface area contributed by atoms with Crippen LogP contribution in [0.5, 0.6) is 0 Å². The second-order valence-electron chi connectivity index (χ2n) is 3.86. The van der Waals surface area contributed by atoms with E-state index in [1.165, 1.54) is 0 Å². The Morgan fingerprint density at radius 1 is 1.60 bits per heavy atom. The standard InChI is InChI=1S/C10H20N2O2S/c1-3-11-9-5-7-12(10(9)13)6-4-8-15(2)14/h9,11H,3-8H2,1-2H3. The maximum absolute atomic E-state index is 11.8. The van der Waals surface area contributed by atoms with Gasteiger partial charge in [-0.05, 0) is 19.4 Å². The molecule has 4 nitrogen and oxygen atoms in total. The van der Waals surface area contributed by atoms with E-state index in [0.29, 0.717) is 5.75 Å². The molecule has 0 aromatic rings. The fourth-order valence-corrected chi connectivity index (χ4v) is 2.39. The van der Waals surface area contributed by atoms with E-state index < -0.39 is 10.8 Å². The Hall–Kier alpha value is -0.420. The van der Waals surface area contributed by atoms with Crippen molar-refractivity contribution in [3.8, 4) is 0 Å². The van der Waals surface area contributed by atoms with Crippen molar-refractivity contribution in [2.45, 2.75) is 25.8 Å². The van der Waals surface area contributed by atoms with E-state index in [9.17, 15) is 9.00 Å². The van der Waals surface area contributed by atoms with Crippen LogP contribution in [0, 0.1) is 0 Å². The monoisotopic (exact) mass is 232 g/mol. The Labute approximate surface area is 93.9 Å². The molecule has 5 heteroatoms. The number of likely N-dealkylation sites (N-methyl/N-ethyl adjacent to an activating group) is 1. The van der Waals surface area contributed by atoms with Gasteiger partial charge in [-0.15, -0.1) is 0 Å². The van der Waals surface area contributed by atoms with Crippen molar-refractivity contribution in [1.82, 2.24) is 10.2 Å². The van der Waals surface area contributed by atoms with E-state index in [0.717, 1.165) is 32.5 Å². The van der Waals surface area contributed by atoms with Gasteiger partial charge in [-0.3, -0.25) is 9.00 Å². The first kappa shape index (κ1) is 12.6. The minimum Gasteiger partial charge on any atom is -0.341 e. The first-order chi connectivity index (χ1) is 7.15. The van der Waals surface area contributed by atoms with Crippen LogP contribution >= 0.6 is 0 Å². The Balaban J connectivity index is 2.26. The molecule has 2 atom stereocenters. The number of amides is 1. The van der Waals surface area contributed by atoms with Crippen LogP contribution in [0.2, 0.25) is 0 Å². The molecule has 1 rings (SSSR count). The van der Waals surface area contributed by atoms with Crippen LogP contribution in [0.4, 0.5) is 0 Å². The lowest BCUT2D eigenvalue weighted by Crippen LogP contribution is -2.38. The number of hydrogen-bond acceptors (Lipinski definition) is 3. The van der Waals surface area contributed by atoms with E-state index in [1.807, 2.05) is 11.8 Å². The van der Waals surface area contributed by atoms with Gasteiger partial charge >= 0.3 is 0 Å². The Morgan fingerprint density at radius 3 is 2.93 bits per heavy atom. The first-order valence-corrected chi connectivity index (χ1v) is 7.20. The van der Waals surface area contributed by atoms with Crippen molar-refractivity contribution in [3.05, 3.63) is 0 Å². The topological polar surface area (TPSA) is 49.4 Å². The van der Waals surface area contributed by atoms with Crippen molar-refractivity contribution in [2.75, 3.05) is 31.6 Å². The van der Waals surface area contributed by atoms with Crippen LogP contribution in [-0.4, -0.2) is 52.7 Å². The van der Waals surface area contributed by atoms with E-state index in [2.05, 4.69) is 5.32 Å². The zero-order valence-electron chi connectivity index (χ0n) is 9.49. The average molecular weight is 232 g/mol. The summed E-state index contributed by atoms with van der Waals surface area (Å²) in [6, 6.07) is 0.0159. The molecule has 0 spiro atoms. The minimum absolute atomic E-state index is 0.0159. The highest BCUT2D eigenvalue weighted by molar-refractivity contribution is 7.84. The highest BCUT2D eigenvalue weighted by atomic mass is 32.2. The molecule has 88 valence electrons. The van der Waals surface area contributed by atoms with Gasteiger partial charge in [0.25, 0.3) is 0 Å². The third-order valence-electron chi connectivity index (χ3n) is 2.61. The molecule has 0 aliphatic carbocycles. The van der Waals surface area contributed by atoms with Gasteiger partial charge in [0.2, 0.25) is 5.91 Å². The summed E-state index contributed by atoms with van der Waals surface area (Å²) in [6.07, 6.45) is 3.45. The van der Waals surface area contributed by atoms with Gasteiger partial charge < -0.3 is 10.2 Å². The van der Waals surface area contributed by atoms with Crippen molar-refractivity contribution in [3.63, 3.8) is 0 Å². The smallest absolute Gasteiger partial charge is 0.239 e. The summed E-state index contributed by atoms with van der Waals surface area (Å²) in [6.45, 7) is 4.44. The maximum atomic E-state index is 11.8. The van der Waals surface area contributed by atoms with Crippen molar-refractivity contribution >= 4 is 16.7 Å². The molecule has 2 unspecified atom stereocenters. The summed E-state index contributed by atoms with van der Waals surface area (Å²) in [7, 11) is -0.743. The first-order valence-electron chi connectivity index (χ1n) is 5.47. The quantitative estimate of drug-likeness (QED) is 0.699. The molecular weight excluding hydrogens is 212 g/mol. The van der Waals surface area contributed by atoms with Gasteiger partial charge in [0.1, 0.15) is 0 Å². The van der Waals surface area contributed by atoms with Gasteiger partial charge in [-0.2, -0.15) is 0 Å². The zero-order valence-corrected chi connectivity index (χ0v) is 10.3. The molecule has 1 aliphatic rings. The molecular formula is C10H20N2O2S. The van der Waals surface area contributed by atoms with Gasteiger partial charge in [0, 0.05) is 35.9 Å². The number of nitrogens with zero attached hydrogens (tertiary/aromatic N) is 1. The van der Waals surface area contributed by atoms with Gasteiger partial charge in [-0.1, -0.05) is 6.92 Å². The number of rotatable bonds is 6. The Morgan fingerprint density at radius 2 is 2.33 bits per heavy atom. The summed E-state index contributed by atoms with van der Waals surface area (Å²) in [5.74, 6) is 0.897. The van der Waals surface area contributed by atoms with E-state index in [-0.39, 0.29) is 11.9 Å². The summed E-state index contributed by atoms with van der Waals surface area (Å²) < 4.78 is 10.9. The second-order valence-corrected chi connectivity index (χ2v) is 5.41. The molecule has 1 fully saturated rings. The van der Waals surface area contributed by atoms with Crippen molar-refractivity contribution in [1.29, 1.82) is 0 Å². The van der Waals surface area contributed by atoms with Crippen LogP contribution in [0.3, 0.4) is 0 Å². The van der Waals surface area contributed by atoms with Gasteiger partial charge in [-0.25, -0.2) is 0 Å². The molecule has 1 aliphatic heterocycles. The number of likely N-dealkylation sites (tertiary alicyclic amines) is 1. The van der Waals surface area contributed by atoms with E-state index in [1.54, 1.807) is 6.26 Å². The van der Waals surface area contributed by atoms with Gasteiger partial charge in [0.05, 0.1) is 6.04 Å². The maximum Gasteiger partial charge on any atom is 0.239 e. The molecule has 0 aromatic carbocycles. The number of hydrogen-bond donors (Lipinski definition) is 1. The molecule has 0 radical (unpaired) electrons. The van der Waals surface area contributed by atoms with Crippen LogP contribution in [0.25, 0.3) is 0 Å². The second kappa shape index (κ2) is 6.23. The lowest BCUT2D eigenvalue weighted by molar-refractivity contribution is -0.129. The predicted octanol–water partition coefficient (Wildman–Crippen LogP) is -0.0346. The lowest BCUT2D eigenvalue weighted by atomic mass is 10.2. The molecule has 0 bridgehead atoms. The number of carbonyl (C=O) groups is 1. The zero-order chi connectivity index (χ0) is 11.3. The minimum atomic E-state index is -0.743. The molecule has 1 heterocycles. The van der Waals surface area contributed by atoms with Crippen LogP contribution in [-0.2, 0) is 15.6 Å². The lowest BCUT2D eigenvalue weighted by Gasteiger charge is -2.16. The predicted molar refractivity (Wildman–Crippen MR) is 62.2 cm³/mol. The van der Waals surface area contributed by atoms with Gasteiger partial charge in [0.15, 0.2) is 0 Å². The Kier molecular flexibility index (Phi) is 5.25. The molecule has 1 N–H and O–H groups in total. The van der Waals surface area contributed by atoms with Crippen molar-refractivity contribution in [2.24, 2.45) is 0 Å². The summed E-state index contributed by atoms with van der Waals surface area (Å²) >= 11 is 0. The molecule has 0 aromatic heterocycles. The van der Waals surface area contributed by atoms with E-state index in [4.69, 9.17) is 0 Å². The fourth-order valence-electron chi connectivity index (χ4n) is 1.86. The SMILES string of the molecule is CCNC1CCN(CCCS(C)=O)C1=O.